The molecule has 6 nitrogen and oxygen atoms in total. The van der Waals surface area contributed by atoms with Gasteiger partial charge in [0.15, 0.2) is 0 Å². The van der Waals surface area contributed by atoms with Crippen molar-refractivity contribution in [2.45, 2.75) is 25.8 Å². The maximum absolute atomic E-state index is 12.4. The standard InChI is InChI=1S/C18H28N4O2/c1-14-12-15(21-10-8-20(2)9-11-21)5-6-17(14)19-18(24)22-7-3-4-16(22)13-23/h5-6,12,16,23H,3-4,7-11,13H2,1-2H3,(H,19,24)/t16-/m1/s1. The number of likely N-dealkylation sites (tertiary alicyclic amines) is 1. The molecule has 24 heavy (non-hydrogen) atoms. The lowest BCUT2D eigenvalue weighted by atomic mass is 10.1. The summed E-state index contributed by atoms with van der Waals surface area (Å²) in [6, 6.07) is 6.07. The van der Waals surface area contributed by atoms with Crippen molar-refractivity contribution in [2.24, 2.45) is 0 Å². The monoisotopic (exact) mass is 332 g/mol. The van der Waals surface area contributed by atoms with Gasteiger partial charge in [0.2, 0.25) is 0 Å². The molecule has 1 aromatic carbocycles. The van der Waals surface area contributed by atoms with Gasteiger partial charge in [-0.05, 0) is 50.6 Å². The average Bonchev–Trinajstić information content (AvgIpc) is 3.06. The number of hydrogen-bond acceptors (Lipinski definition) is 4. The van der Waals surface area contributed by atoms with Crippen LogP contribution < -0.4 is 10.2 Å². The molecule has 2 N–H and O–H groups in total. The highest BCUT2D eigenvalue weighted by Crippen LogP contribution is 2.25. The molecular weight excluding hydrogens is 304 g/mol. The van der Waals surface area contributed by atoms with Gasteiger partial charge < -0.3 is 25.1 Å². The molecule has 6 heteroatoms. The molecular formula is C18H28N4O2. The summed E-state index contributed by atoms with van der Waals surface area (Å²) in [5, 5.41) is 12.4. The molecule has 2 aliphatic rings. The third-order valence-electron chi connectivity index (χ3n) is 5.17. The number of aliphatic hydroxyl groups excluding tert-OH is 1. The minimum atomic E-state index is -0.109. The zero-order valence-electron chi connectivity index (χ0n) is 14.7. The molecule has 132 valence electrons. The topological polar surface area (TPSA) is 59.0 Å². The second-order valence-electron chi connectivity index (χ2n) is 6.89. The highest BCUT2D eigenvalue weighted by Gasteiger charge is 2.28. The first kappa shape index (κ1) is 17.0. The second-order valence-corrected chi connectivity index (χ2v) is 6.89. The molecule has 0 spiro atoms. The van der Waals surface area contributed by atoms with Crippen molar-refractivity contribution in [3.05, 3.63) is 23.8 Å². The molecule has 0 aliphatic carbocycles. The summed E-state index contributed by atoms with van der Waals surface area (Å²) in [6.07, 6.45) is 1.84. The number of piperazine rings is 1. The number of hydrogen-bond donors (Lipinski definition) is 2. The van der Waals surface area contributed by atoms with E-state index in [0.717, 1.165) is 56.8 Å². The molecule has 2 amide bonds. The molecule has 0 radical (unpaired) electrons. The van der Waals surface area contributed by atoms with Crippen molar-refractivity contribution in [3.63, 3.8) is 0 Å². The molecule has 2 saturated heterocycles. The number of urea groups is 1. The van der Waals surface area contributed by atoms with Gasteiger partial charge in [-0.3, -0.25) is 0 Å². The molecule has 0 aromatic heterocycles. The molecule has 3 rings (SSSR count). The smallest absolute Gasteiger partial charge is 0.322 e. The van der Waals surface area contributed by atoms with Gasteiger partial charge in [-0.1, -0.05) is 0 Å². The van der Waals surface area contributed by atoms with Gasteiger partial charge in [-0.2, -0.15) is 0 Å². The SMILES string of the molecule is Cc1cc(N2CCN(C)CC2)ccc1NC(=O)N1CCC[C@@H]1CO. The lowest BCUT2D eigenvalue weighted by Crippen LogP contribution is -2.44. The summed E-state index contributed by atoms with van der Waals surface area (Å²) in [7, 11) is 2.15. The van der Waals surface area contributed by atoms with E-state index in [0.29, 0.717) is 0 Å². The number of carbonyl (C=O) groups is 1. The van der Waals surface area contributed by atoms with Gasteiger partial charge in [0.25, 0.3) is 0 Å². The summed E-state index contributed by atoms with van der Waals surface area (Å²) < 4.78 is 0. The summed E-state index contributed by atoms with van der Waals surface area (Å²) in [5.74, 6) is 0. The van der Waals surface area contributed by atoms with Crippen LogP contribution in [0.5, 0.6) is 0 Å². The first-order valence-electron chi connectivity index (χ1n) is 8.81. The van der Waals surface area contributed by atoms with Crippen LogP contribution in [0.1, 0.15) is 18.4 Å². The van der Waals surface area contributed by atoms with E-state index in [4.69, 9.17) is 0 Å². The number of anilines is 2. The Morgan fingerprint density at radius 3 is 2.67 bits per heavy atom. The highest BCUT2D eigenvalue weighted by molar-refractivity contribution is 5.90. The molecule has 2 fully saturated rings. The predicted molar refractivity (Wildman–Crippen MR) is 96.7 cm³/mol. The summed E-state index contributed by atoms with van der Waals surface area (Å²) in [5.41, 5.74) is 3.13. The van der Waals surface area contributed by atoms with E-state index in [-0.39, 0.29) is 18.7 Å². The fourth-order valence-corrected chi connectivity index (χ4v) is 3.53. The summed E-state index contributed by atoms with van der Waals surface area (Å²) in [4.78, 5) is 18.9. The Morgan fingerprint density at radius 2 is 2.00 bits per heavy atom. The maximum atomic E-state index is 12.4. The van der Waals surface area contributed by atoms with Crippen LogP contribution in [-0.4, -0.2) is 73.4 Å². The predicted octanol–water partition coefficient (Wildman–Crippen LogP) is 1.74. The molecule has 0 saturated carbocycles. The van der Waals surface area contributed by atoms with Crippen LogP contribution in [-0.2, 0) is 0 Å². The Balaban J connectivity index is 1.65. The number of amides is 2. The molecule has 0 unspecified atom stereocenters. The van der Waals surface area contributed by atoms with Gasteiger partial charge in [0, 0.05) is 44.1 Å². The average molecular weight is 332 g/mol. The number of rotatable bonds is 3. The number of nitrogens with one attached hydrogen (secondary N) is 1. The number of carbonyl (C=O) groups excluding carboxylic acids is 1. The van der Waals surface area contributed by atoms with Gasteiger partial charge in [-0.15, -0.1) is 0 Å². The Kier molecular flexibility index (Phi) is 5.26. The van der Waals surface area contributed by atoms with Crippen LogP contribution in [0.3, 0.4) is 0 Å². The van der Waals surface area contributed by atoms with Crippen molar-refractivity contribution in [2.75, 3.05) is 56.6 Å². The summed E-state index contributed by atoms with van der Waals surface area (Å²) in [6.45, 7) is 7.01. The lowest BCUT2D eigenvalue weighted by molar-refractivity contribution is 0.166. The van der Waals surface area contributed by atoms with Crippen LogP contribution in [0.25, 0.3) is 0 Å². The van der Waals surface area contributed by atoms with Crippen molar-refractivity contribution < 1.29 is 9.90 Å². The highest BCUT2D eigenvalue weighted by atomic mass is 16.3. The molecule has 0 bridgehead atoms. The Bertz CT molecular complexity index is 584. The van der Waals surface area contributed by atoms with E-state index in [1.807, 2.05) is 13.0 Å². The number of nitrogens with zero attached hydrogens (tertiary/aromatic N) is 3. The largest absolute Gasteiger partial charge is 0.394 e. The molecule has 1 atom stereocenters. The minimum absolute atomic E-state index is 0.0365. The van der Waals surface area contributed by atoms with E-state index in [9.17, 15) is 9.90 Å². The maximum Gasteiger partial charge on any atom is 0.322 e. The first-order valence-corrected chi connectivity index (χ1v) is 8.81. The third kappa shape index (κ3) is 3.65. The van der Waals surface area contributed by atoms with Crippen molar-refractivity contribution >= 4 is 17.4 Å². The first-order chi connectivity index (χ1) is 11.6. The third-order valence-corrected chi connectivity index (χ3v) is 5.17. The Hall–Kier alpha value is -1.79. The van der Waals surface area contributed by atoms with Crippen molar-refractivity contribution in [1.82, 2.24) is 9.80 Å². The number of aryl methyl sites for hydroxylation is 1. The molecule has 2 aliphatic heterocycles. The van der Waals surface area contributed by atoms with Crippen molar-refractivity contribution in [1.29, 1.82) is 0 Å². The van der Waals surface area contributed by atoms with Crippen LogP contribution in [0, 0.1) is 6.92 Å². The molecule has 2 heterocycles. The zero-order valence-corrected chi connectivity index (χ0v) is 14.7. The van der Waals surface area contributed by atoms with Crippen LogP contribution in [0.4, 0.5) is 16.2 Å². The molecule has 1 aromatic rings. The van der Waals surface area contributed by atoms with Gasteiger partial charge in [-0.25, -0.2) is 4.79 Å². The fourth-order valence-electron chi connectivity index (χ4n) is 3.53. The zero-order chi connectivity index (χ0) is 17.1. The number of benzene rings is 1. The second kappa shape index (κ2) is 7.40. The summed E-state index contributed by atoms with van der Waals surface area (Å²) >= 11 is 0. The van der Waals surface area contributed by atoms with Crippen molar-refractivity contribution in [3.8, 4) is 0 Å². The van der Waals surface area contributed by atoms with E-state index < -0.39 is 0 Å². The van der Waals surface area contributed by atoms with Gasteiger partial charge in [0.05, 0.1) is 12.6 Å². The Morgan fingerprint density at radius 1 is 1.25 bits per heavy atom. The number of aliphatic hydroxyl groups is 1. The quantitative estimate of drug-likeness (QED) is 0.885. The fraction of sp³-hybridized carbons (Fsp3) is 0.611. The van der Waals surface area contributed by atoms with E-state index >= 15 is 0 Å². The minimum Gasteiger partial charge on any atom is -0.394 e. The number of likely N-dealkylation sites (N-methyl/N-ethyl adjacent to an activating group) is 1. The Labute approximate surface area is 144 Å². The van der Waals surface area contributed by atoms with Gasteiger partial charge >= 0.3 is 6.03 Å². The van der Waals surface area contributed by atoms with E-state index in [2.05, 4.69) is 34.3 Å². The van der Waals surface area contributed by atoms with E-state index in [1.54, 1.807) is 4.90 Å². The van der Waals surface area contributed by atoms with Gasteiger partial charge in [0.1, 0.15) is 0 Å². The van der Waals surface area contributed by atoms with Crippen LogP contribution in [0.2, 0.25) is 0 Å². The lowest BCUT2D eigenvalue weighted by Gasteiger charge is -2.34. The van der Waals surface area contributed by atoms with E-state index in [1.165, 1.54) is 5.69 Å². The van der Waals surface area contributed by atoms with Crippen LogP contribution >= 0.6 is 0 Å². The normalized spacial score (nSPS) is 22.0. The van der Waals surface area contributed by atoms with Crippen LogP contribution in [0.15, 0.2) is 18.2 Å².